The molecule has 144 valence electrons. The zero-order valence-electron chi connectivity index (χ0n) is 15.8. The molecule has 3 aromatic rings. The lowest BCUT2D eigenvalue weighted by molar-refractivity contribution is 0.192. The molecule has 3 heterocycles. The molecule has 0 aliphatic carbocycles. The molecule has 4 rings (SSSR count). The number of carbonyl (C=O) groups excluding carboxylic acids is 1. The van der Waals surface area contributed by atoms with Crippen LogP contribution in [-0.4, -0.2) is 39.2 Å². The van der Waals surface area contributed by atoms with Gasteiger partial charge in [-0.25, -0.2) is 4.79 Å². The molecule has 28 heavy (non-hydrogen) atoms. The van der Waals surface area contributed by atoms with Crippen LogP contribution >= 0.6 is 0 Å². The first-order chi connectivity index (χ1) is 13.8. The van der Waals surface area contributed by atoms with Crippen LogP contribution in [0.1, 0.15) is 35.7 Å². The zero-order chi connectivity index (χ0) is 19.2. The van der Waals surface area contributed by atoms with Gasteiger partial charge in [-0.2, -0.15) is 5.10 Å². The number of H-pyrrole nitrogens is 1. The van der Waals surface area contributed by atoms with Crippen LogP contribution in [-0.2, 0) is 12.8 Å². The van der Waals surface area contributed by atoms with Crippen molar-refractivity contribution in [2.45, 2.75) is 31.6 Å². The third-order valence-electron chi connectivity index (χ3n) is 5.31. The summed E-state index contributed by atoms with van der Waals surface area (Å²) in [4.78, 5) is 19.2. The van der Waals surface area contributed by atoms with Gasteiger partial charge in [-0.05, 0) is 55.5 Å². The van der Waals surface area contributed by atoms with Crippen LogP contribution in [0.25, 0.3) is 0 Å². The number of piperidine rings is 1. The summed E-state index contributed by atoms with van der Waals surface area (Å²) in [5.41, 5.74) is 4.17. The fourth-order valence-electron chi connectivity index (χ4n) is 3.77. The second-order valence-electron chi connectivity index (χ2n) is 7.21. The predicted molar refractivity (Wildman–Crippen MR) is 109 cm³/mol. The van der Waals surface area contributed by atoms with Gasteiger partial charge in [0.25, 0.3) is 0 Å². The van der Waals surface area contributed by atoms with Crippen molar-refractivity contribution in [3.05, 3.63) is 77.9 Å². The number of aryl methyl sites for hydroxylation is 2. The summed E-state index contributed by atoms with van der Waals surface area (Å²) in [5, 5.41) is 10.2. The third kappa shape index (κ3) is 4.39. The lowest BCUT2D eigenvalue weighted by Gasteiger charge is -2.32. The molecule has 1 aliphatic rings. The number of carbonyl (C=O) groups is 1. The fourth-order valence-corrected chi connectivity index (χ4v) is 3.77. The molecular weight excluding hydrogens is 350 g/mol. The van der Waals surface area contributed by atoms with E-state index >= 15 is 0 Å². The number of hydrogen-bond donors (Lipinski definition) is 2. The topological polar surface area (TPSA) is 73.9 Å². The van der Waals surface area contributed by atoms with Crippen molar-refractivity contribution < 1.29 is 4.79 Å². The highest BCUT2D eigenvalue weighted by Gasteiger charge is 2.25. The van der Waals surface area contributed by atoms with Crippen molar-refractivity contribution in [1.82, 2.24) is 20.1 Å². The molecule has 6 nitrogen and oxygen atoms in total. The van der Waals surface area contributed by atoms with Gasteiger partial charge in [0.1, 0.15) is 0 Å². The largest absolute Gasteiger partial charge is 0.324 e. The standard InChI is InChI=1S/C22H25N5O/c28-22(27-15-5-7-18(16-27)21-12-14-24-26-21)25-20-9-2-1-6-17(20)10-11-19-8-3-4-13-23-19/h1-4,6,8-9,12-14,18H,5,7,10-11,15-16H2,(H,24,26)(H,25,28)/t18-/m1/s1. The Bertz CT molecular complexity index is 894. The minimum absolute atomic E-state index is 0.0329. The number of hydrogen-bond acceptors (Lipinski definition) is 3. The van der Waals surface area contributed by atoms with E-state index in [9.17, 15) is 4.79 Å². The minimum atomic E-state index is -0.0329. The SMILES string of the molecule is O=C(Nc1ccccc1CCc1ccccn1)N1CCC[C@@H](c2ccn[nH]2)C1. The number of benzene rings is 1. The van der Waals surface area contributed by atoms with Crippen LogP contribution < -0.4 is 5.32 Å². The average Bonchev–Trinajstić information content (AvgIpc) is 3.29. The summed E-state index contributed by atoms with van der Waals surface area (Å²) < 4.78 is 0. The van der Waals surface area contributed by atoms with Gasteiger partial charge in [0, 0.05) is 48.5 Å². The van der Waals surface area contributed by atoms with E-state index in [1.807, 2.05) is 53.6 Å². The van der Waals surface area contributed by atoms with Crippen LogP contribution in [0.15, 0.2) is 60.9 Å². The van der Waals surface area contributed by atoms with Gasteiger partial charge in [0.2, 0.25) is 0 Å². The van der Waals surface area contributed by atoms with E-state index in [0.29, 0.717) is 12.5 Å². The van der Waals surface area contributed by atoms with Crippen molar-refractivity contribution in [1.29, 1.82) is 0 Å². The number of para-hydroxylation sites is 1. The Morgan fingerprint density at radius 2 is 2.00 bits per heavy atom. The molecule has 1 aromatic carbocycles. The molecule has 1 aliphatic heterocycles. The first-order valence-corrected chi connectivity index (χ1v) is 9.82. The number of likely N-dealkylation sites (tertiary alicyclic amines) is 1. The number of nitrogens with zero attached hydrogens (tertiary/aromatic N) is 3. The number of amides is 2. The summed E-state index contributed by atoms with van der Waals surface area (Å²) in [7, 11) is 0. The summed E-state index contributed by atoms with van der Waals surface area (Å²) >= 11 is 0. The second-order valence-corrected chi connectivity index (χ2v) is 7.21. The molecule has 6 heteroatoms. The highest BCUT2D eigenvalue weighted by molar-refractivity contribution is 5.90. The van der Waals surface area contributed by atoms with Crippen molar-refractivity contribution in [3.8, 4) is 0 Å². The Morgan fingerprint density at radius 3 is 2.82 bits per heavy atom. The molecule has 2 amide bonds. The van der Waals surface area contributed by atoms with E-state index in [2.05, 4.69) is 26.6 Å². The number of aromatic nitrogens is 3. The molecule has 0 unspecified atom stereocenters. The van der Waals surface area contributed by atoms with Gasteiger partial charge < -0.3 is 10.2 Å². The zero-order valence-corrected chi connectivity index (χ0v) is 15.8. The fraction of sp³-hybridized carbons (Fsp3) is 0.318. The molecular formula is C22H25N5O. The van der Waals surface area contributed by atoms with E-state index in [0.717, 1.165) is 54.9 Å². The van der Waals surface area contributed by atoms with E-state index in [1.165, 1.54) is 0 Å². The maximum absolute atomic E-state index is 12.9. The van der Waals surface area contributed by atoms with Crippen LogP contribution in [0.2, 0.25) is 0 Å². The molecule has 0 bridgehead atoms. The van der Waals surface area contributed by atoms with Gasteiger partial charge in [-0.3, -0.25) is 10.1 Å². The highest BCUT2D eigenvalue weighted by atomic mass is 16.2. The Morgan fingerprint density at radius 1 is 1.11 bits per heavy atom. The van der Waals surface area contributed by atoms with Crippen LogP contribution in [0.4, 0.5) is 10.5 Å². The van der Waals surface area contributed by atoms with Gasteiger partial charge in [-0.1, -0.05) is 24.3 Å². The number of rotatable bonds is 5. The van der Waals surface area contributed by atoms with Gasteiger partial charge in [-0.15, -0.1) is 0 Å². The molecule has 0 spiro atoms. The average molecular weight is 375 g/mol. The summed E-state index contributed by atoms with van der Waals surface area (Å²) in [6.07, 6.45) is 7.34. The summed E-state index contributed by atoms with van der Waals surface area (Å²) in [6, 6.07) is 15.9. The first-order valence-electron chi connectivity index (χ1n) is 9.82. The van der Waals surface area contributed by atoms with Gasteiger partial charge >= 0.3 is 6.03 Å². The Labute approximate surface area is 165 Å². The van der Waals surface area contributed by atoms with Gasteiger partial charge in [0.05, 0.1) is 0 Å². The monoisotopic (exact) mass is 375 g/mol. The number of urea groups is 1. The van der Waals surface area contributed by atoms with Crippen molar-refractivity contribution in [2.75, 3.05) is 18.4 Å². The molecule has 0 radical (unpaired) electrons. The third-order valence-corrected chi connectivity index (χ3v) is 5.31. The number of anilines is 1. The lowest BCUT2D eigenvalue weighted by atomic mass is 9.95. The molecule has 2 N–H and O–H groups in total. The Hall–Kier alpha value is -3.15. The van der Waals surface area contributed by atoms with Crippen LogP contribution in [0.3, 0.4) is 0 Å². The van der Waals surface area contributed by atoms with Gasteiger partial charge in [0.15, 0.2) is 0 Å². The summed E-state index contributed by atoms with van der Waals surface area (Å²) in [6.45, 7) is 1.50. The van der Waals surface area contributed by atoms with Crippen molar-refractivity contribution in [2.24, 2.45) is 0 Å². The van der Waals surface area contributed by atoms with Crippen molar-refractivity contribution >= 4 is 11.7 Å². The Balaban J connectivity index is 1.40. The van der Waals surface area contributed by atoms with E-state index in [4.69, 9.17) is 0 Å². The smallest absolute Gasteiger partial charge is 0.321 e. The highest BCUT2D eigenvalue weighted by Crippen LogP contribution is 2.26. The number of nitrogens with one attached hydrogen (secondary N) is 2. The van der Waals surface area contributed by atoms with E-state index in [-0.39, 0.29) is 6.03 Å². The molecule has 0 saturated carbocycles. The molecule has 1 atom stereocenters. The maximum Gasteiger partial charge on any atom is 0.321 e. The minimum Gasteiger partial charge on any atom is -0.324 e. The van der Waals surface area contributed by atoms with E-state index < -0.39 is 0 Å². The molecule has 1 fully saturated rings. The number of pyridine rings is 1. The van der Waals surface area contributed by atoms with Crippen LogP contribution in [0, 0.1) is 0 Å². The maximum atomic E-state index is 12.9. The Kier molecular flexibility index (Phi) is 5.66. The second kappa shape index (κ2) is 8.69. The summed E-state index contributed by atoms with van der Waals surface area (Å²) in [5.74, 6) is 0.321. The molecule has 1 saturated heterocycles. The normalized spacial score (nSPS) is 16.7. The van der Waals surface area contributed by atoms with E-state index in [1.54, 1.807) is 6.20 Å². The number of aromatic amines is 1. The lowest BCUT2D eigenvalue weighted by Crippen LogP contribution is -2.41. The first kappa shape index (κ1) is 18.2. The molecule has 2 aromatic heterocycles. The van der Waals surface area contributed by atoms with Crippen molar-refractivity contribution in [3.63, 3.8) is 0 Å². The van der Waals surface area contributed by atoms with Crippen LogP contribution in [0.5, 0.6) is 0 Å². The quantitative estimate of drug-likeness (QED) is 0.708. The predicted octanol–water partition coefficient (Wildman–Crippen LogP) is 4.00.